The van der Waals surface area contributed by atoms with Crippen molar-refractivity contribution in [1.82, 2.24) is 9.21 Å². The monoisotopic (exact) mass is 380 g/mol. The Hall–Kier alpha value is -1.41. The Morgan fingerprint density at radius 1 is 1.08 bits per heavy atom. The number of thiophene rings is 1. The number of benzene rings is 1. The van der Waals surface area contributed by atoms with Crippen molar-refractivity contribution in [3.63, 3.8) is 0 Å². The minimum absolute atomic E-state index is 0.448. The molecule has 5 nitrogen and oxygen atoms in total. The average Bonchev–Trinajstić information content (AvgIpc) is 3.03. The molecule has 0 aliphatic carbocycles. The van der Waals surface area contributed by atoms with Gasteiger partial charge < -0.3 is 4.74 Å². The van der Waals surface area contributed by atoms with E-state index >= 15 is 0 Å². The molecule has 1 fully saturated rings. The summed E-state index contributed by atoms with van der Waals surface area (Å²) in [5.74, 6) is 0.894. The first-order valence-electron chi connectivity index (χ1n) is 8.32. The largest absolute Gasteiger partial charge is 0.496 e. The molecule has 3 rings (SSSR count). The SMILES string of the molecule is COc1ccc(CN2CCN(S(=O)(=O)c3ccc(C)s3)CC2)cc1C. The lowest BCUT2D eigenvalue weighted by Gasteiger charge is -2.33. The van der Waals surface area contributed by atoms with Crippen molar-refractivity contribution in [2.24, 2.45) is 0 Å². The van der Waals surface area contributed by atoms with Crippen LogP contribution >= 0.6 is 11.3 Å². The summed E-state index contributed by atoms with van der Waals surface area (Å²) in [6.45, 7) is 7.36. The number of rotatable bonds is 5. The first-order chi connectivity index (χ1) is 11.9. The second-order valence-electron chi connectivity index (χ2n) is 6.35. The first-order valence-corrected chi connectivity index (χ1v) is 10.6. The van der Waals surface area contributed by atoms with Crippen LogP contribution < -0.4 is 4.74 Å². The number of aryl methyl sites for hydroxylation is 2. The van der Waals surface area contributed by atoms with E-state index in [0.29, 0.717) is 17.3 Å². The lowest BCUT2D eigenvalue weighted by molar-refractivity contribution is 0.181. The summed E-state index contributed by atoms with van der Waals surface area (Å²) in [6, 6.07) is 9.77. The quantitative estimate of drug-likeness (QED) is 0.800. The highest BCUT2D eigenvalue weighted by molar-refractivity contribution is 7.91. The molecule has 1 aromatic heterocycles. The molecule has 0 saturated carbocycles. The van der Waals surface area contributed by atoms with Crippen molar-refractivity contribution in [3.05, 3.63) is 46.3 Å². The van der Waals surface area contributed by atoms with Crippen LogP contribution in [0.2, 0.25) is 0 Å². The van der Waals surface area contributed by atoms with E-state index in [1.807, 2.05) is 26.0 Å². The van der Waals surface area contributed by atoms with Gasteiger partial charge in [0.1, 0.15) is 9.96 Å². The molecule has 7 heteroatoms. The van der Waals surface area contributed by atoms with Crippen LogP contribution in [-0.2, 0) is 16.6 Å². The first kappa shape index (κ1) is 18.4. The molecular weight excluding hydrogens is 356 g/mol. The molecule has 136 valence electrons. The minimum Gasteiger partial charge on any atom is -0.496 e. The summed E-state index contributed by atoms with van der Waals surface area (Å²) >= 11 is 1.34. The fourth-order valence-electron chi connectivity index (χ4n) is 3.10. The van der Waals surface area contributed by atoms with Gasteiger partial charge in [0.25, 0.3) is 10.0 Å². The van der Waals surface area contributed by atoms with Crippen molar-refractivity contribution in [2.45, 2.75) is 24.6 Å². The third kappa shape index (κ3) is 4.06. The summed E-state index contributed by atoms with van der Waals surface area (Å²) in [6.07, 6.45) is 0. The number of nitrogens with zero attached hydrogens (tertiary/aromatic N) is 2. The molecule has 0 unspecified atom stereocenters. The molecule has 25 heavy (non-hydrogen) atoms. The topological polar surface area (TPSA) is 49.9 Å². The van der Waals surface area contributed by atoms with Gasteiger partial charge in [0.2, 0.25) is 0 Å². The Morgan fingerprint density at radius 2 is 1.80 bits per heavy atom. The Balaban J connectivity index is 1.61. The summed E-state index contributed by atoms with van der Waals surface area (Å²) in [4.78, 5) is 3.32. The van der Waals surface area contributed by atoms with Gasteiger partial charge in [-0.1, -0.05) is 12.1 Å². The number of sulfonamides is 1. The average molecular weight is 381 g/mol. The molecule has 0 bridgehead atoms. The van der Waals surface area contributed by atoms with Gasteiger partial charge in [-0.25, -0.2) is 8.42 Å². The van der Waals surface area contributed by atoms with Crippen LogP contribution in [0.4, 0.5) is 0 Å². The second-order valence-corrected chi connectivity index (χ2v) is 9.80. The predicted octanol–water partition coefficient (Wildman–Crippen LogP) is 2.88. The second kappa shape index (κ2) is 7.45. The molecule has 2 heterocycles. The summed E-state index contributed by atoms with van der Waals surface area (Å²) < 4.78 is 32.7. The molecule has 1 saturated heterocycles. The van der Waals surface area contributed by atoms with E-state index in [-0.39, 0.29) is 0 Å². The van der Waals surface area contributed by atoms with E-state index in [4.69, 9.17) is 4.74 Å². The van der Waals surface area contributed by atoms with Crippen molar-refractivity contribution < 1.29 is 13.2 Å². The molecule has 0 atom stereocenters. The van der Waals surface area contributed by atoms with Crippen molar-refractivity contribution >= 4 is 21.4 Å². The zero-order valence-corrected chi connectivity index (χ0v) is 16.5. The standard InChI is InChI=1S/C18H24N2O3S2/c1-14-12-16(5-6-17(14)23-3)13-19-8-10-20(11-9-19)25(21,22)18-7-4-15(2)24-18/h4-7,12H,8-11,13H2,1-3H3. The highest BCUT2D eigenvalue weighted by Gasteiger charge is 2.29. The number of ether oxygens (including phenoxy) is 1. The van der Waals surface area contributed by atoms with E-state index < -0.39 is 10.0 Å². The number of methoxy groups -OCH3 is 1. The molecule has 0 amide bonds. The van der Waals surface area contributed by atoms with Crippen LogP contribution in [0.3, 0.4) is 0 Å². The predicted molar refractivity (Wildman–Crippen MR) is 101 cm³/mol. The van der Waals surface area contributed by atoms with Gasteiger partial charge in [0.05, 0.1) is 7.11 Å². The summed E-state index contributed by atoms with van der Waals surface area (Å²) in [5, 5.41) is 0. The molecule has 1 aliphatic rings. The summed E-state index contributed by atoms with van der Waals surface area (Å²) in [5.41, 5.74) is 2.35. The van der Waals surface area contributed by atoms with Crippen molar-refractivity contribution in [1.29, 1.82) is 0 Å². The Morgan fingerprint density at radius 3 is 2.36 bits per heavy atom. The van der Waals surface area contributed by atoms with Crippen LogP contribution in [0.25, 0.3) is 0 Å². The molecule has 2 aromatic rings. The third-order valence-electron chi connectivity index (χ3n) is 4.51. The van der Waals surface area contributed by atoms with E-state index in [0.717, 1.165) is 35.8 Å². The number of piperazine rings is 1. The highest BCUT2D eigenvalue weighted by atomic mass is 32.2. The Bertz CT molecular complexity index is 838. The molecule has 1 aliphatic heterocycles. The van der Waals surface area contributed by atoms with Crippen LogP contribution in [0.15, 0.2) is 34.5 Å². The lowest BCUT2D eigenvalue weighted by atomic mass is 10.1. The van der Waals surface area contributed by atoms with Gasteiger partial charge in [-0.3, -0.25) is 4.90 Å². The van der Waals surface area contributed by atoms with Crippen LogP contribution in [-0.4, -0.2) is 50.9 Å². The zero-order chi connectivity index (χ0) is 18.0. The molecule has 1 aromatic carbocycles. The summed E-state index contributed by atoms with van der Waals surface area (Å²) in [7, 11) is -1.67. The van der Waals surface area contributed by atoms with Gasteiger partial charge in [-0.2, -0.15) is 4.31 Å². The van der Waals surface area contributed by atoms with Crippen LogP contribution in [0.5, 0.6) is 5.75 Å². The smallest absolute Gasteiger partial charge is 0.252 e. The van der Waals surface area contributed by atoms with Crippen LogP contribution in [0, 0.1) is 13.8 Å². The normalized spacial score (nSPS) is 16.9. The van der Waals surface area contributed by atoms with E-state index in [9.17, 15) is 8.42 Å². The fourth-order valence-corrected chi connectivity index (χ4v) is 5.96. The third-order valence-corrected chi connectivity index (χ3v) is 7.87. The van der Waals surface area contributed by atoms with E-state index in [1.54, 1.807) is 17.5 Å². The number of hydrogen-bond donors (Lipinski definition) is 0. The highest BCUT2D eigenvalue weighted by Crippen LogP contribution is 2.25. The number of hydrogen-bond acceptors (Lipinski definition) is 5. The van der Waals surface area contributed by atoms with Crippen LogP contribution in [0.1, 0.15) is 16.0 Å². The molecule has 0 radical (unpaired) electrons. The lowest BCUT2D eigenvalue weighted by Crippen LogP contribution is -2.48. The van der Waals surface area contributed by atoms with Gasteiger partial charge in [-0.15, -0.1) is 11.3 Å². The maximum atomic E-state index is 12.7. The fraction of sp³-hybridized carbons (Fsp3) is 0.444. The van der Waals surface area contributed by atoms with Gasteiger partial charge in [0.15, 0.2) is 0 Å². The minimum atomic E-state index is -3.34. The van der Waals surface area contributed by atoms with E-state index in [2.05, 4.69) is 17.0 Å². The van der Waals surface area contributed by atoms with Gasteiger partial charge in [-0.05, 0) is 43.2 Å². The maximum Gasteiger partial charge on any atom is 0.252 e. The Kier molecular flexibility index (Phi) is 5.48. The molecule has 0 N–H and O–H groups in total. The zero-order valence-electron chi connectivity index (χ0n) is 14.9. The Labute approximate surface area is 153 Å². The van der Waals surface area contributed by atoms with Gasteiger partial charge >= 0.3 is 0 Å². The molecular formula is C18H24N2O3S2. The van der Waals surface area contributed by atoms with Gasteiger partial charge in [0, 0.05) is 37.6 Å². The maximum absolute atomic E-state index is 12.7. The van der Waals surface area contributed by atoms with Crippen molar-refractivity contribution in [3.8, 4) is 5.75 Å². The molecule has 0 spiro atoms. The van der Waals surface area contributed by atoms with Crippen molar-refractivity contribution in [2.75, 3.05) is 33.3 Å². The van der Waals surface area contributed by atoms with E-state index in [1.165, 1.54) is 16.9 Å².